The zero-order valence-corrected chi connectivity index (χ0v) is 18.9. The fraction of sp³-hybridized carbons (Fsp3) is 0.407. The highest BCUT2D eigenvalue weighted by molar-refractivity contribution is 5.83. The highest BCUT2D eigenvalue weighted by Crippen LogP contribution is 2.48. The van der Waals surface area contributed by atoms with Crippen LogP contribution in [-0.4, -0.2) is 45.8 Å². The zero-order chi connectivity index (χ0) is 22.3. The second-order valence-corrected chi connectivity index (χ2v) is 9.57. The molecule has 1 unspecified atom stereocenters. The molecule has 3 fully saturated rings. The second-order valence-electron chi connectivity index (χ2n) is 9.57. The Morgan fingerprint density at radius 3 is 2.84 bits per heavy atom. The van der Waals surface area contributed by atoms with Gasteiger partial charge in [0.1, 0.15) is 24.4 Å². The van der Waals surface area contributed by atoms with Crippen molar-refractivity contribution >= 4 is 10.9 Å². The quantitative estimate of drug-likeness (QED) is 0.459. The van der Waals surface area contributed by atoms with Gasteiger partial charge >= 0.3 is 0 Å². The predicted octanol–water partition coefficient (Wildman–Crippen LogP) is 4.59. The van der Waals surface area contributed by atoms with Gasteiger partial charge in [0.25, 0.3) is 0 Å². The van der Waals surface area contributed by atoms with Gasteiger partial charge in [0.15, 0.2) is 0 Å². The van der Waals surface area contributed by atoms with Crippen LogP contribution in [0.2, 0.25) is 0 Å². The first kappa shape index (κ1) is 21.1. The molecule has 3 aliphatic heterocycles. The molecule has 3 aliphatic rings. The van der Waals surface area contributed by atoms with E-state index < -0.39 is 6.10 Å². The number of aliphatic hydroxyl groups excluding tert-OH is 1. The van der Waals surface area contributed by atoms with E-state index in [1.165, 1.54) is 12.0 Å². The second kappa shape index (κ2) is 8.30. The molecule has 0 radical (unpaired) electrons. The number of methoxy groups -OCH3 is 1. The highest BCUT2D eigenvalue weighted by atomic mass is 16.5. The van der Waals surface area contributed by atoms with Crippen LogP contribution in [-0.2, 0) is 6.54 Å². The minimum Gasteiger partial charge on any atom is -0.497 e. The average Bonchev–Trinajstić information content (AvgIpc) is 2.82. The fourth-order valence-corrected chi connectivity index (χ4v) is 6.19. The Kier molecular flexibility index (Phi) is 5.48. The number of aromatic nitrogens is 2. The van der Waals surface area contributed by atoms with Crippen LogP contribution in [0.15, 0.2) is 61.4 Å². The topological polar surface area (TPSA) is 55.2 Å². The molecular weight excluding hydrogens is 398 g/mol. The molecule has 5 heteroatoms. The molecule has 6 rings (SSSR count). The number of pyridine rings is 2. The minimum absolute atomic E-state index is 0.134. The van der Waals surface area contributed by atoms with E-state index in [0.717, 1.165) is 58.4 Å². The maximum atomic E-state index is 11.9. The van der Waals surface area contributed by atoms with Crippen LogP contribution in [0.25, 0.3) is 10.9 Å². The number of quaternary nitrogens is 1. The van der Waals surface area contributed by atoms with E-state index in [-0.39, 0.29) is 6.04 Å². The number of hydrogen-bond donors (Lipinski definition) is 1. The van der Waals surface area contributed by atoms with Crippen molar-refractivity contribution in [1.29, 1.82) is 0 Å². The lowest BCUT2D eigenvalue weighted by Crippen LogP contribution is -2.67. The fourth-order valence-electron chi connectivity index (χ4n) is 6.19. The van der Waals surface area contributed by atoms with Crippen LogP contribution >= 0.6 is 0 Å². The maximum Gasteiger partial charge on any atom is 0.131 e. The van der Waals surface area contributed by atoms with Crippen LogP contribution < -0.4 is 4.74 Å². The summed E-state index contributed by atoms with van der Waals surface area (Å²) in [5.41, 5.74) is 4.17. The van der Waals surface area contributed by atoms with Gasteiger partial charge in [0.05, 0.1) is 25.7 Å². The lowest BCUT2D eigenvalue weighted by Gasteiger charge is -2.58. The third kappa shape index (κ3) is 3.59. The molecule has 0 spiro atoms. The van der Waals surface area contributed by atoms with Crippen molar-refractivity contribution in [2.75, 3.05) is 20.2 Å². The molecule has 1 N–H and O–H groups in total. The lowest BCUT2D eigenvalue weighted by atomic mass is 9.71. The number of piperidine rings is 3. The Morgan fingerprint density at radius 2 is 2.06 bits per heavy atom. The van der Waals surface area contributed by atoms with E-state index in [0.29, 0.717) is 11.8 Å². The summed E-state index contributed by atoms with van der Waals surface area (Å²) in [5.74, 6) is 1.88. The molecule has 2 aromatic heterocycles. The molecule has 5 atom stereocenters. The average molecular weight is 431 g/mol. The van der Waals surface area contributed by atoms with Crippen molar-refractivity contribution in [2.24, 2.45) is 11.8 Å². The van der Waals surface area contributed by atoms with Gasteiger partial charge < -0.3 is 14.3 Å². The minimum atomic E-state index is -0.566. The number of hydrogen-bond acceptors (Lipinski definition) is 4. The van der Waals surface area contributed by atoms with Gasteiger partial charge in [-0.25, -0.2) is 0 Å². The van der Waals surface area contributed by atoms with Crippen LogP contribution in [0.5, 0.6) is 5.75 Å². The van der Waals surface area contributed by atoms with Crippen LogP contribution in [0.1, 0.15) is 35.8 Å². The smallest absolute Gasteiger partial charge is 0.131 e. The molecule has 3 aromatic rings. The third-order valence-electron chi connectivity index (χ3n) is 7.80. The van der Waals surface area contributed by atoms with E-state index in [1.807, 2.05) is 43.6 Å². The molecule has 32 heavy (non-hydrogen) atoms. The summed E-state index contributed by atoms with van der Waals surface area (Å²) in [4.78, 5) is 8.90. The molecule has 3 saturated heterocycles. The number of aryl methyl sites for hydroxylation is 1. The first-order chi connectivity index (χ1) is 15.5. The van der Waals surface area contributed by atoms with Crippen molar-refractivity contribution in [1.82, 2.24) is 9.97 Å². The van der Waals surface area contributed by atoms with Gasteiger partial charge in [0.2, 0.25) is 0 Å². The van der Waals surface area contributed by atoms with Gasteiger partial charge in [0, 0.05) is 47.8 Å². The highest BCUT2D eigenvalue weighted by Gasteiger charge is 2.54. The number of benzene rings is 1. The van der Waals surface area contributed by atoms with Gasteiger partial charge in [-0.15, -0.1) is 6.58 Å². The first-order valence-corrected chi connectivity index (χ1v) is 11.5. The van der Waals surface area contributed by atoms with E-state index in [2.05, 4.69) is 34.8 Å². The molecule has 1 aromatic carbocycles. The number of fused-ring (bicyclic) bond motifs is 4. The number of ether oxygens (including phenoxy) is 1. The normalized spacial score (nSPS) is 27.9. The summed E-state index contributed by atoms with van der Waals surface area (Å²) < 4.78 is 6.35. The molecule has 5 nitrogen and oxygen atoms in total. The third-order valence-corrected chi connectivity index (χ3v) is 7.80. The summed E-state index contributed by atoms with van der Waals surface area (Å²) in [6, 6.07) is 12.3. The SMILES string of the molecule is C=C[C@H]1C[N+]2(Cc3ccnc(C)c3)CC[C@H]1C[C@H]2[C@H](O)c1ccnc2ccc(OC)cc12. The summed E-state index contributed by atoms with van der Waals surface area (Å²) in [6.45, 7) is 9.21. The van der Waals surface area contributed by atoms with Crippen molar-refractivity contribution in [3.05, 3.63) is 78.3 Å². The zero-order valence-electron chi connectivity index (χ0n) is 18.9. The largest absolute Gasteiger partial charge is 0.497 e. The van der Waals surface area contributed by atoms with Crippen molar-refractivity contribution in [3.8, 4) is 5.75 Å². The van der Waals surface area contributed by atoms with Gasteiger partial charge in [-0.3, -0.25) is 9.97 Å². The standard InChI is InChI=1S/C27H32N3O2/c1-4-20-17-30(16-19-7-10-28-18(2)13-19)12-9-21(20)14-26(30)27(31)23-8-11-29-25-6-5-22(32-3)15-24(23)25/h4-8,10-11,13,15,20-21,26-27,31H,1,9,12,14,16-17H2,2-3H3/q+1/t20-,21-,26-,27+,30?/m0/s1. The molecular formula is C27H32N3O2+. The van der Waals surface area contributed by atoms with Crippen LogP contribution in [0, 0.1) is 18.8 Å². The molecule has 0 amide bonds. The summed E-state index contributed by atoms with van der Waals surface area (Å²) >= 11 is 0. The van der Waals surface area contributed by atoms with Gasteiger partial charge in [-0.2, -0.15) is 0 Å². The van der Waals surface area contributed by atoms with Crippen molar-refractivity contribution < 1.29 is 14.3 Å². The van der Waals surface area contributed by atoms with Crippen LogP contribution in [0.3, 0.4) is 0 Å². The van der Waals surface area contributed by atoms with Crippen molar-refractivity contribution in [3.63, 3.8) is 0 Å². The first-order valence-electron chi connectivity index (χ1n) is 11.5. The lowest BCUT2D eigenvalue weighted by molar-refractivity contribution is -0.984. The molecule has 5 heterocycles. The van der Waals surface area contributed by atoms with E-state index in [9.17, 15) is 5.11 Å². The molecule has 166 valence electrons. The Bertz CT molecular complexity index is 1150. The summed E-state index contributed by atoms with van der Waals surface area (Å²) in [5, 5.41) is 12.8. The van der Waals surface area contributed by atoms with Gasteiger partial charge in [-0.1, -0.05) is 6.08 Å². The Labute approximate surface area is 190 Å². The number of rotatable bonds is 6. The molecule has 0 aliphatic carbocycles. The monoisotopic (exact) mass is 430 g/mol. The predicted molar refractivity (Wildman–Crippen MR) is 126 cm³/mol. The molecule has 0 saturated carbocycles. The maximum absolute atomic E-state index is 11.9. The Hall–Kier alpha value is -2.76. The Morgan fingerprint density at radius 1 is 1.22 bits per heavy atom. The van der Waals surface area contributed by atoms with E-state index in [4.69, 9.17) is 4.74 Å². The van der Waals surface area contributed by atoms with Crippen molar-refractivity contribution in [2.45, 2.75) is 38.5 Å². The van der Waals surface area contributed by atoms with E-state index in [1.54, 1.807) is 7.11 Å². The van der Waals surface area contributed by atoms with E-state index >= 15 is 0 Å². The number of nitrogens with zero attached hydrogens (tertiary/aromatic N) is 3. The summed E-state index contributed by atoms with van der Waals surface area (Å²) in [6.07, 6.45) is 7.49. The Balaban J connectivity index is 1.56. The van der Waals surface area contributed by atoms with Gasteiger partial charge in [-0.05, 0) is 54.8 Å². The van der Waals surface area contributed by atoms with Crippen LogP contribution in [0.4, 0.5) is 0 Å². The molecule has 2 bridgehead atoms. The number of aliphatic hydroxyl groups is 1. The summed E-state index contributed by atoms with van der Waals surface area (Å²) in [7, 11) is 1.67.